The molecule has 2 aliphatic carbocycles. The van der Waals surface area contributed by atoms with Crippen LogP contribution in [0.4, 0.5) is 0 Å². The largest absolute Gasteiger partial charge is 0.299 e. The van der Waals surface area contributed by atoms with Crippen LogP contribution in [0.5, 0.6) is 0 Å². The SMILES string of the molecule is O=C1CCCC(Cc2ccccc2)C1(Cc1ccccc1)c1cccc2c1Cc1ccccc1-2. The molecule has 1 nitrogen and oxygen atoms in total. The average molecular weight is 443 g/mol. The van der Waals surface area contributed by atoms with E-state index in [2.05, 4.69) is 103 Å². The minimum atomic E-state index is -0.497. The van der Waals surface area contributed by atoms with E-state index in [4.69, 9.17) is 0 Å². The van der Waals surface area contributed by atoms with Crippen LogP contribution < -0.4 is 0 Å². The van der Waals surface area contributed by atoms with Crippen molar-refractivity contribution in [3.8, 4) is 11.1 Å². The zero-order valence-electron chi connectivity index (χ0n) is 19.5. The van der Waals surface area contributed by atoms with Crippen molar-refractivity contribution in [2.45, 2.75) is 43.9 Å². The highest BCUT2D eigenvalue weighted by molar-refractivity contribution is 5.93. The third-order valence-electron chi connectivity index (χ3n) is 8.13. The van der Waals surface area contributed by atoms with E-state index in [-0.39, 0.29) is 5.92 Å². The van der Waals surface area contributed by atoms with Crippen molar-refractivity contribution in [2.24, 2.45) is 5.92 Å². The van der Waals surface area contributed by atoms with Crippen LogP contribution in [0.2, 0.25) is 0 Å². The highest BCUT2D eigenvalue weighted by Crippen LogP contribution is 2.50. The van der Waals surface area contributed by atoms with E-state index in [0.29, 0.717) is 12.2 Å². The second kappa shape index (κ2) is 8.72. The Hall–Kier alpha value is -3.45. The number of fused-ring (bicyclic) bond motifs is 3. The van der Waals surface area contributed by atoms with E-state index in [1.807, 2.05) is 0 Å². The Kier molecular flexibility index (Phi) is 5.41. The molecule has 34 heavy (non-hydrogen) atoms. The van der Waals surface area contributed by atoms with Gasteiger partial charge < -0.3 is 0 Å². The molecule has 168 valence electrons. The predicted octanol–water partition coefficient (Wildman–Crippen LogP) is 7.35. The van der Waals surface area contributed by atoms with Gasteiger partial charge in [-0.05, 0) is 77.0 Å². The molecule has 0 saturated heterocycles. The van der Waals surface area contributed by atoms with Gasteiger partial charge in [-0.1, -0.05) is 103 Å². The minimum Gasteiger partial charge on any atom is -0.299 e. The number of hydrogen-bond acceptors (Lipinski definition) is 1. The van der Waals surface area contributed by atoms with Gasteiger partial charge in [0, 0.05) is 6.42 Å². The van der Waals surface area contributed by atoms with E-state index >= 15 is 0 Å². The second-order valence-corrected chi connectivity index (χ2v) is 10.0. The van der Waals surface area contributed by atoms with Crippen LogP contribution in [-0.4, -0.2) is 5.78 Å². The van der Waals surface area contributed by atoms with Gasteiger partial charge in [0.05, 0.1) is 5.41 Å². The number of carbonyl (C=O) groups excluding carboxylic acids is 1. The number of hydrogen-bond donors (Lipinski definition) is 0. The summed E-state index contributed by atoms with van der Waals surface area (Å²) in [6, 6.07) is 36.9. The molecule has 1 saturated carbocycles. The summed E-state index contributed by atoms with van der Waals surface area (Å²) in [7, 11) is 0. The first kappa shape index (κ1) is 21.1. The Bertz CT molecular complexity index is 1320. The van der Waals surface area contributed by atoms with Gasteiger partial charge in [-0.2, -0.15) is 0 Å². The Morgan fingerprint density at radius 1 is 0.706 bits per heavy atom. The van der Waals surface area contributed by atoms with Crippen LogP contribution >= 0.6 is 0 Å². The fourth-order valence-corrected chi connectivity index (χ4v) is 6.58. The molecule has 6 rings (SSSR count). The van der Waals surface area contributed by atoms with Crippen LogP contribution in [0.1, 0.15) is 47.1 Å². The molecule has 0 radical (unpaired) electrons. The zero-order chi connectivity index (χ0) is 23.0. The van der Waals surface area contributed by atoms with E-state index in [1.54, 1.807) is 0 Å². The molecular formula is C33H30O. The molecule has 0 bridgehead atoms. The molecule has 0 aromatic heterocycles. The Morgan fingerprint density at radius 3 is 2.18 bits per heavy atom. The lowest BCUT2D eigenvalue weighted by atomic mass is 9.57. The van der Waals surface area contributed by atoms with E-state index in [0.717, 1.165) is 32.1 Å². The Morgan fingerprint density at radius 2 is 1.38 bits per heavy atom. The van der Waals surface area contributed by atoms with Crippen molar-refractivity contribution < 1.29 is 4.79 Å². The third kappa shape index (κ3) is 3.51. The van der Waals surface area contributed by atoms with Crippen molar-refractivity contribution in [2.75, 3.05) is 0 Å². The molecule has 2 aliphatic rings. The first-order valence-electron chi connectivity index (χ1n) is 12.6. The van der Waals surface area contributed by atoms with Crippen LogP contribution in [-0.2, 0) is 29.5 Å². The van der Waals surface area contributed by atoms with Crippen LogP contribution in [0.25, 0.3) is 11.1 Å². The first-order chi connectivity index (χ1) is 16.8. The van der Waals surface area contributed by atoms with Gasteiger partial charge in [-0.15, -0.1) is 0 Å². The van der Waals surface area contributed by atoms with Crippen molar-refractivity contribution in [1.82, 2.24) is 0 Å². The quantitative estimate of drug-likeness (QED) is 0.278. The third-order valence-corrected chi connectivity index (χ3v) is 8.13. The maximum Gasteiger partial charge on any atom is 0.144 e. The Balaban J connectivity index is 1.54. The molecule has 0 amide bonds. The number of ketones is 1. The van der Waals surface area contributed by atoms with Crippen molar-refractivity contribution >= 4 is 5.78 Å². The summed E-state index contributed by atoms with van der Waals surface area (Å²) < 4.78 is 0. The summed E-state index contributed by atoms with van der Waals surface area (Å²) in [4.78, 5) is 14.2. The smallest absolute Gasteiger partial charge is 0.144 e. The second-order valence-electron chi connectivity index (χ2n) is 10.0. The summed E-state index contributed by atoms with van der Waals surface area (Å²) in [6.45, 7) is 0. The summed E-state index contributed by atoms with van der Waals surface area (Å²) in [6.07, 6.45) is 5.39. The monoisotopic (exact) mass is 442 g/mol. The molecule has 2 atom stereocenters. The van der Waals surface area contributed by atoms with Crippen LogP contribution in [0, 0.1) is 5.92 Å². The van der Waals surface area contributed by atoms with E-state index in [1.165, 1.54) is 38.9 Å². The van der Waals surface area contributed by atoms with Gasteiger partial charge in [-0.3, -0.25) is 4.79 Å². The van der Waals surface area contributed by atoms with Gasteiger partial charge in [0.1, 0.15) is 5.78 Å². The van der Waals surface area contributed by atoms with Gasteiger partial charge in [0.25, 0.3) is 0 Å². The maximum atomic E-state index is 14.2. The number of carbonyl (C=O) groups is 1. The highest BCUT2D eigenvalue weighted by atomic mass is 16.1. The van der Waals surface area contributed by atoms with Gasteiger partial charge in [0.2, 0.25) is 0 Å². The number of benzene rings is 4. The molecule has 4 aromatic carbocycles. The van der Waals surface area contributed by atoms with Crippen LogP contribution in [0.3, 0.4) is 0 Å². The Labute approximate surface area is 202 Å². The van der Waals surface area contributed by atoms with Crippen molar-refractivity contribution in [1.29, 1.82) is 0 Å². The summed E-state index contributed by atoms with van der Waals surface area (Å²) in [5.74, 6) is 0.708. The fourth-order valence-electron chi connectivity index (χ4n) is 6.58. The predicted molar refractivity (Wildman–Crippen MR) is 139 cm³/mol. The van der Waals surface area contributed by atoms with Crippen molar-refractivity contribution in [3.05, 3.63) is 131 Å². The normalized spacial score (nSPS) is 21.2. The molecule has 1 heteroatoms. The molecular weight excluding hydrogens is 412 g/mol. The average Bonchev–Trinajstić information content (AvgIpc) is 3.26. The van der Waals surface area contributed by atoms with E-state index in [9.17, 15) is 4.79 Å². The molecule has 0 N–H and O–H groups in total. The van der Waals surface area contributed by atoms with Gasteiger partial charge in [-0.25, -0.2) is 0 Å². The summed E-state index contributed by atoms with van der Waals surface area (Å²) in [5.41, 5.74) is 8.75. The number of rotatable bonds is 5. The lowest BCUT2D eigenvalue weighted by Gasteiger charge is -2.45. The zero-order valence-corrected chi connectivity index (χ0v) is 19.5. The van der Waals surface area contributed by atoms with Crippen LogP contribution in [0.15, 0.2) is 103 Å². The standard InChI is InChI=1S/C33H30O/c34-32-20-9-16-27(21-24-11-3-1-4-12-24)33(32,23-25-13-5-2-6-14-25)31-19-10-18-29-28-17-8-7-15-26(28)22-30(29)31/h1-8,10-15,17-19,27H,9,16,20-23H2. The molecule has 1 fully saturated rings. The van der Waals surface area contributed by atoms with Gasteiger partial charge >= 0.3 is 0 Å². The minimum absolute atomic E-state index is 0.284. The summed E-state index contributed by atoms with van der Waals surface area (Å²) in [5, 5.41) is 0. The van der Waals surface area contributed by atoms with Gasteiger partial charge in [0.15, 0.2) is 0 Å². The lowest BCUT2D eigenvalue weighted by Crippen LogP contribution is -2.49. The highest BCUT2D eigenvalue weighted by Gasteiger charge is 2.50. The maximum absolute atomic E-state index is 14.2. The number of Topliss-reactive ketones (excluding diaryl/α,β-unsaturated/α-hetero) is 1. The molecule has 0 spiro atoms. The fraction of sp³-hybridized carbons (Fsp3) is 0.242. The molecule has 4 aromatic rings. The topological polar surface area (TPSA) is 17.1 Å². The van der Waals surface area contributed by atoms with Crippen molar-refractivity contribution in [3.63, 3.8) is 0 Å². The summed E-state index contributed by atoms with van der Waals surface area (Å²) >= 11 is 0. The lowest BCUT2D eigenvalue weighted by molar-refractivity contribution is -0.129. The first-order valence-corrected chi connectivity index (χ1v) is 12.6. The molecule has 0 aliphatic heterocycles. The molecule has 0 heterocycles. The molecule has 2 unspecified atom stereocenters. The van der Waals surface area contributed by atoms with E-state index < -0.39 is 5.41 Å².